The summed E-state index contributed by atoms with van der Waals surface area (Å²) in [5, 5.41) is 15.1. The number of hydrogen-bond donors (Lipinski definition) is 3. The van der Waals surface area contributed by atoms with Crippen molar-refractivity contribution in [3.05, 3.63) is 0 Å². The van der Waals surface area contributed by atoms with E-state index in [1.165, 1.54) is 19.3 Å². The first kappa shape index (κ1) is 12.5. The molecule has 4 aliphatic rings. The van der Waals surface area contributed by atoms with E-state index in [0.717, 1.165) is 30.1 Å². The molecule has 0 aliphatic heterocycles. The number of urea groups is 1. The predicted octanol–water partition coefficient (Wildman–Crippen LogP) is 1.58. The maximum atomic E-state index is 12.0. The van der Waals surface area contributed by atoms with Crippen LogP contribution in [-0.4, -0.2) is 29.7 Å². The zero-order valence-corrected chi connectivity index (χ0v) is 11.6. The van der Waals surface area contributed by atoms with Crippen LogP contribution in [0.25, 0.3) is 0 Å². The van der Waals surface area contributed by atoms with Gasteiger partial charge >= 0.3 is 12.0 Å². The molecular formula is C15H22N2O3. The van der Waals surface area contributed by atoms with Gasteiger partial charge in [0.05, 0.1) is 5.41 Å². The van der Waals surface area contributed by atoms with Crippen molar-refractivity contribution < 1.29 is 14.7 Å². The van der Waals surface area contributed by atoms with Crippen molar-refractivity contribution in [2.75, 3.05) is 6.54 Å². The number of fused-ring (bicyclic) bond motifs is 5. The monoisotopic (exact) mass is 278 g/mol. The minimum absolute atomic E-state index is 0.170. The topological polar surface area (TPSA) is 78.4 Å². The Morgan fingerprint density at radius 2 is 1.80 bits per heavy atom. The summed E-state index contributed by atoms with van der Waals surface area (Å²) in [4.78, 5) is 23.2. The van der Waals surface area contributed by atoms with Crippen molar-refractivity contribution in [2.24, 2.45) is 29.1 Å². The van der Waals surface area contributed by atoms with Crippen LogP contribution in [-0.2, 0) is 4.79 Å². The number of carbonyl (C=O) groups excluding carboxylic acids is 1. The van der Waals surface area contributed by atoms with Crippen molar-refractivity contribution >= 4 is 12.0 Å². The van der Waals surface area contributed by atoms with Gasteiger partial charge in [0, 0.05) is 12.6 Å². The normalized spacial score (nSPS) is 42.5. The Bertz CT molecular complexity index is 444. The second-order valence-corrected chi connectivity index (χ2v) is 7.28. The predicted molar refractivity (Wildman–Crippen MR) is 72.1 cm³/mol. The summed E-state index contributed by atoms with van der Waals surface area (Å²) in [5.41, 5.74) is -0.699. The fourth-order valence-corrected chi connectivity index (χ4v) is 5.04. The van der Waals surface area contributed by atoms with E-state index in [2.05, 4.69) is 10.6 Å². The lowest BCUT2D eigenvalue weighted by Crippen LogP contribution is -2.50. The van der Waals surface area contributed by atoms with E-state index in [-0.39, 0.29) is 12.6 Å². The number of rotatable bonds is 4. The van der Waals surface area contributed by atoms with E-state index in [4.69, 9.17) is 0 Å². The Hall–Kier alpha value is -1.26. The molecule has 0 heterocycles. The molecule has 0 aromatic rings. The van der Waals surface area contributed by atoms with Gasteiger partial charge in [0.15, 0.2) is 0 Å². The van der Waals surface area contributed by atoms with Crippen molar-refractivity contribution in [2.45, 2.75) is 44.6 Å². The summed E-state index contributed by atoms with van der Waals surface area (Å²) in [6, 6.07) is 0.194. The lowest BCUT2D eigenvalue weighted by Gasteiger charge is -2.37. The molecule has 0 aromatic heterocycles. The fourth-order valence-electron chi connectivity index (χ4n) is 5.04. The van der Waals surface area contributed by atoms with Crippen molar-refractivity contribution in [3.8, 4) is 0 Å². The lowest BCUT2D eigenvalue weighted by atomic mass is 9.69. The maximum absolute atomic E-state index is 12.0. The Morgan fingerprint density at radius 1 is 1.15 bits per heavy atom. The third-order valence-corrected chi connectivity index (χ3v) is 6.38. The van der Waals surface area contributed by atoms with E-state index >= 15 is 0 Å². The van der Waals surface area contributed by atoms with Crippen molar-refractivity contribution in [1.82, 2.24) is 10.6 Å². The first-order valence-electron chi connectivity index (χ1n) is 7.88. The molecule has 4 unspecified atom stereocenters. The Morgan fingerprint density at radius 3 is 2.30 bits per heavy atom. The Balaban J connectivity index is 1.27. The molecule has 0 aromatic carbocycles. The lowest BCUT2D eigenvalue weighted by molar-refractivity contribution is -0.153. The first-order chi connectivity index (χ1) is 9.61. The second-order valence-electron chi connectivity index (χ2n) is 7.28. The summed E-state index contributed by atoms with van der Waals surface area (Å²) in [5.74, 6) is 2.35. The van der Waals surface area contributed by atoms with Gasteiger partial charge < -0.3 is 15.7 Å². The van der Waals surface area contributed by atoms with Crippen LogP contribution in [0.3, 0.4) is 0 Å². The highest BCUT2D eigenvalue weighted by Gasteiger charge is 2.65. The summed E-state index contributed by atoms with van der Waals surface area (Å²) < 4.78 is 0. The molecule has 5 nitrogen and oxygen atoms in total. The minimum atomic E-state index is -0.773. The van der Waals surface area contributed by atoms with E-state index < -0.39 is 11.4 Å². The van der Waals surface area contributed by atoms with Crippen LogP contribution in [0, 0.1) is 29.1 Å². The molecule has 20 heavy (non-hydrogen) atoms. The molecule has 0 saturated heterocycles. The van der Waals surface area contributed by atoms with Crippen molar-refractivity contribution in [3.63, 3.8) is 0 Å². The summed E-state index contributed by atoms with van der Waals surface area (Å²) in [6.45, 7) is 0.267. The molecule has 4 atom stereocenters. The Kier molecular flexibility index (Phi) is 2.57. The zero-order valence-electron chi connectivity index (χ0n) is 11.6. The molecule has 4 saturated carbocycles. The van der Waals surface area contributed by atoms with Gasteiger partial charge in [0.2, 0.25) is 0 Å². The molecule has 3 N–H and O–H groups in total. The molecule has 4 rings (SSSR count). The highest BCUT2D eigenvalue weighted by molar-refractivity contribution is 5.79. The van der Waals surface area contributed by atoms with E-state index in [1.54, 1.807) is 0 Å². The molecule has 2 bridgehead atoms. The van der Waals surface area contributed by atoms with Crippen LogP contribution in [0.15, 0.2) is 0 Å². The van der Waals surface area contributed by atoms with E-state index in [9.17, 15) is 14.7 Å². The van der Waals surface area contributed by atoms with Gasteiger partial charge in [-0.1, -0.05) is 6.42 Å². The molecule has 4 aliphatic carbocycles. The van der Waals surface area contributed by atoms with Gasteiger partial charge in [-0.25, -0.2) is 4.79 Å². The van der Waals surface area contributed by atoms with E-state index in [1.807, 2.05) is 0 Å². The number of carboxylic acid groups (broad SMARTS) is 1. The van der Waals surface area contributed by atoms with Crippen LogP contribution in [0.4, 0.5) is 4.79 Å². The minimum Gasteiger partial charge on any atom is -0.481 e. The largest absolute Gasteiger partial charge is 0.481 e. The summed E-state index contributed by atoms with van der Waals surface area (Å²) in [7, 11) is 0. The van der Waals surface area contributed by atoms with Gasteiger partial charge in [-0.2, -0.15) is 0 Å². The number of nitrogens with one attached hydrogen (secondary N) is 2. The highest BCUT2D eigenvalue weighted by atomic mass is 16.4. The van der Waals surface area contributed by atoms with Crippen LogP contribution < -0.4 is 10.6 Å². The van der Waals surface area contributed by atoms with Crippen molar-refractivity contribution in [1.29, 1.82) is 0 Å². The highest BCUT2D eigenvalue weighted by Crippen LogP contribution is 2.65. The molecular weight excluding hydrogens is 256 g/mol. The SMILES string of the molecule is O=C(NCC1(C(=O)O)CCC1)NC1C2C3CCC(C3)C12. The number of aliphatic carboxylic acids is 1. The molecule has 0 radical (unpaired) electrons. The third kappa shape index (κ3) is 1.68. The average Bonchev–Trinajstić information content (AvgIpc) is 2.76. The standard InChI is InChI=1S/C15H22N2O3/c18-13(19)15(4-1-5-15)7-16-14(20)17-12-10-8-2-3-9(6-8)11(10)12/h8-12H,1-7H2,(H,18,19)(H2,16,17,20). The summed E-state index contributed by atoms with van der Waals surface area (Å²) >= 11 is 0. The molecule has 0 spiro atoms. The zero-order chi connectivity index (χ0) is 13.9. The smallest absolute Gasteiger partial charge is 0.315 e. The number of amides is 2. The van der Waals surface area contributed by atoms with E-state index in [0.29, 0.717) is 18.9 Å². The van der Waals surface area contributed by atoms with Crippen LogP contribution >= 0.6 is 0 Å². The third-order valence-electron chi connectivity index (χ3n) is 6.38. The van der Waals surface area contributed by atoms with Crippen LogP contribution in [0.5, 0.6) is 0 Å². The average molecular weight is 278 g/mol. The summed E-state index contributed by atoms with van der Waals surface area (Å²) in [6.07, 6.45) is 6.37. The molecule has 2 amide bonds. The van der Waals surface area contributed by atoms with Gasteiger partial charge in [0.1, 0.15) is 0 Å². The quantitative estimate of drug-likeness (QED) is 0.730. The Labute approximate surface area is 118 Å². The second kappa shape index (κ2) is 4.12. The van der Waals surface area contributed by atoms with Crippen LogP contribution in [0.2, 0.25) is 0 Å². The van der Waals surface area contributed by atoms with Crippen LogP contribution in [0.1, 0.15) is 38.5 Å². The van der Waals surface area contributed by atoms with Gasteiger partial charge in [0.25, 0.3) is 0 Å². The molecule has 110 valence electrons. The molecule has 5 heteroatoms. The maximum Gasteiger partial charge on any atom is 0.315 e. The van der Waals surface area contributed by atoms with Gasteiger partial charge in [-0.15, -0.1) is 0 Å². The van der Waals surface area contributed by atoms with Gasteiger partial charge in [-0.05, 0) is 55.8 Å². The number of hydrogen-bond acceptors (Lipinski definition) is 2. The molecule has 4 fully saturated rings. The first-order valence-corrected chi connectivity index (χ1v) is 7.88. The number of carboxylic acids is 1. The fraction of sp³-hybridized carbons (Fsp3) is 0.867. The number of carbonyl (C=O) groups is 2. The van der Waals surface area contributed by atoms with Gasteiger partial charge in [-0.3, -0.25) is 4.79 Å².